The number of rotatable bonds is 4. The van der Waals surface area contributed by atoms with Crippen molar-refractivity contribution in [3.05, 3.63) is 27.8 Å². The lowest BCUT2D eigenvalue weighted by molar-refractivity contribution is 0.0513. The first-order valence-corrected chi connectivity index (χ1v) is 9.18. The van der Waals surface area contributed by atoms with E-state index in [2.05, 4.69) is 27.9 Å². The Hall–Kier alpha value is -1.51. The Labute approximate surface area is 163 Å². The number of nitrogens with zero attached hydrogens (tertiary/aromatic N) is 1. The van der Waals surface area contributed by atoms with E-state index in [-0.39, 0.29) is 13.1 Å². The van der Waals surface area contributed by atoms with Crippen LogP contribution in [-0.4, -0.2) is 36.5 Å². The van der Waals surface area contributed by atoms with Crippen molar-refractivity contribution in [1.29, 1.82) is 0 Å². The molecule has 0 radical (unpaired) electrons. The van der Waals surface area contributed by atoms with Crippen LogP contribution in [0.5, 0.6) is 0 Å². The molecule has 6 nitrogen and oxygen atoms in total. The first-order valence-electron chi connectivity index (χ1n) is 8.10. The summed E-state index contributed by atoms with van der Waals surface area (Å²) >= 11 is 2.20. The third-order valence-electron chi connectivity index (χ3n) is 2.76. The van der Waals surface area contributed by atoms with E-state index in [1.165, 1.54) is 4.90 Å². The van der Waals surface area contributed by atoms with Crippen molar-refractivity contribution >= 4 is 40.5 Å². The zero-order valence-electron chi connectivity index (χ0n) is 15.7. The van der Waals surface area contributed by atoms with Gasteiger partial charge in [-0.1, -0.05) is 0 Å². The molecule has 0 aliphatic heterocycles. The maximum atomic E-state index is 12.5. The molecular weight excluding hydrogens is 435 g/mol. The van der Waals surface area contributed by atoms with Gasteiger partial charge in [0.15, 0.2) is 0 Å². The Bertz CT molecular complexity index is 589. The summed E-state index contributed by atoms with van der Waals surface area (Å²) in [5, 5.41) is 2.66. The number of carbonyl (C=O) groups is 2. The van der Waals surface area contributed by atoms with Gasteiger partial charge in [0.2, 0.25) is 0 Å². The molecule has 0 atom stereocenters. The van der Waals surface area contributed by atoms with Crippen LogP contribution >= 0.6 is 22.6 Å². The molecule has 0 saturated carbocycles. The average Bonchev–Trinajstić information content (AvgIpc) is 2.41. The summed E-state index contributed by atoms with van der Waals surface area (Å²) in [6, 6.07) is 7.52. The van der Waals surface area contributed by atoms with E-state index in [1.807, 2.05) is 45.0 Å². The van der Waals surface area contributed by atoms with Gasteiger partial charge in [-0.25, -0.2) is 9.59 Å². The second kappa shape index (κ2) is 8.73. The zero-order valence-corrected chi connectivity index (χ0v) is 17.8. The van der Waals surface area contributed by atoms with Crippen LogP contribution in [0.1, 0.15) is 41.5 Å². The first kappa shape index (κ1) is 21.5. The highest BCUT2D eigenvalue weighted by Crippen LogP contribution is 2.19. The molecule has 0 aromatic heterocycles. The third kappa shape index (κ3) is 8.94. The molecule has 0 fully saturated rings. The number of halogens is 1. The summed E-state index contributed by atoms with van der Waals surface area (Å²) in [4.78, 5) is 25.8. The van der Waals surface area contributed by atoms with Gasteiger partial charge in [0.25, 0.3) is 0 Å². The number of anilines is 1. The van der Waals surface area contributed by atoms with E-state index in [4.69, 9.17) is 9.47 Å². The molecule has 0 aliphatic rings. The quantitative estimate of drug-likeness (QED) is 0.667. The SMILES string of the molecule is CC(C)(C)OC(=O)NCCN(C(=O)OC(C)(C)C)c1ccc(I)cc1. The standard InChI is InChI=1S/C18H27IN2O4/c1-17(2,3)24-15(22)20-11-12-21(16(23)25-18(4,5)6)14-9-7-13(19)8-10-14/h7-10H,11-12H2,1-6H3,(H,20,22). The molecule has 1 N–H and O–H groups in total. The number of alkyl carbamates (subject to hydrolysis) is 1. The summed E-state index contributed by atoms with van der Waals surface area (Å²) in [5.74, 6) is 0. The average molecular weight is 462 g/mol. The number of benzene rings is 1. The van der Waals surface area contributed by atoms with Crippen molar-refractivity contribution in [2.24, 2.45) is 0 Å². The lowest BCUT2D eigenvalue weighted by atomic mass is 10.2. The monoisotopic (exact) mass is 462 g/mol. The molecule has 140 valence electrons. The molecule has 0 bridgehead atoms. The zero-order chi connectivity index (χ0) is 19.3. The maximum Gasteiger partial charge on any atom is 0.414 e. The van der Waals surface area contributed by atoms with Crippen LogP contribution in [0.25, 0.3) is 0 Å². The van der Waals surface area contributed by atoms with Gasteiger partial charge in [-0.3, -0.25) is 4.90 Å². The Balaban J connectivity index is 2.77. The second-order valence-electron chi connectivity index (χ2n) is 7.54. The molecule has 25 heavy (non-hydrogen) atoms. The van der Waals surface area contributed by atoms with Gasteiger partial charge in [-0.15, -0.1) is 0 Å². The predicted molar refractivity (Wildman–Crippen MR) is 107 cm³/mol. The lowest BCUT2D eigenvalue weighted by Crippen LogP contribution is -2.42. The Kier molecular flexibility index (Phi) is 7.52. The summed E-state index contributed by atoms with van der Waals surface area (Å²) in [6.07, 6.45) is -0.973. The van der Waals surface area contributed by atoms with Crippen LogP contribution in [0, 0.1) is 3.57 Å². The highest BCUT2D eigenvalue weighted by atomic mass is 127. The minimum Gasteiger partial charge on any atom is -0.444 e. The van der Waals surface area contributed by atoms with Crippen molar-refractivity contribution in [3.63, 3.8) is 0 Å². The van der Waals surface area contributed by atoms with E-state index in [1.54, 1.807) is 20.8 Å². The molecular formula is C18H27IN2O4. The third-order valence-corrected chi connectivity index (χ3v) is 3.47. The van der Waals surface area contributed by atoms with E-state index >= 15 is 0 Å². The topological polar surface area (TPSA) is 67.9 Å². The Morgan fingerprint density at radius 1 is 1.00 bits per heavy atom. The van der Waals surface area contributed by atoms with Crippen LogP contribution in [0.15, 0.2) is 24.3 Å². The minimum atomic E-state index is -0.600. The molecule has 0 saturated heterocycles. The summed E-state index contributed by atoms with van der Waals surface area (Å²) in [6.45, 7) is 11.4. The largest absolute Gasteiger partial charge is 0.444 e. The fourth-order valence-corrected chi connectivity index (χ4v) is 2.21. The van der Waals surface area contributed by atoms with Crippen LogP contribution < -0.4 is 10.2 Å². The van der Waals surface area contributed by atoms with Crippen molar-refractivity contribution < 1.29 is 19.1 Å². The maximum absolute atomic E-state index is 12.5. The van der Waals surface area contributed by atoms with Crippen LogP contribution in [0.2, 0.25) is 0 Å². The molecule has 1 aromatic rings. The number of amides is 2. The second-order valence-corrected chi connectivity index (χ2v) is 8.78. The van der Waals surface area contributed by atoms with Gasteiger partial charge in [0, 0.05) is 22.3 Å². The highest BCUT2D eigenvalue weighted by Gasteiger charge is 2.24. The first-order chi connectivity index (χ1) is 11.4. The number of ether oxygens (including phenoxy) is 2. The molecule has 2 amide bonds. The van der Waals surface area contributed by atoms with Crippen molar-refractivity contribution in [2.75, 3.05) is 18.0 Å². The predicted octanol–water partition coefficient (Wildman–Crippen LogP) is 4.56. The molecule has 7 heteroatoms. The van der Waals surface area contributed by atoms with E-state index in [0.717, 1.165) is 3.57 Å². The number of hydrogen-bond donors (Lipinski definition) is 1. The van der Waals surface area contributed by atoms with Crippen LogP contribution in [0.4, 0.5) is 15.3 Å². The van der Waals surface area contributed by atoms with Crippen molar-refractivity contribution in [1.82, 2.24) is 5.32 Å². The van der Waals surface area contributed by atoms with Crippen LogP contribution in [0.3, 0.4) is 0 Å². The lowest BCUT2D eigenvalue weighted by Gasteiger charge is -2.28. The smallest absolute Gasteiger partial charge is 0.414 e. The summed E-state index contributed by atoms with van der Waals surface area (Å²) in [5.41, 5.74) is -0.456. The number of carbonyl (C=O) groups excluding carboxylic acids is 2. The van der Waals surface area contributed by atoms with E-state index in [9.17, 15) is 9.59 Å². The molecule has 0 heterocycles. The highest BCUT2D eigenvalue weighted by molar-refractivity contribution is 14.1. The molecule has 0 unspecified atom stereocenters. The van der Waals surface area contributed by atoms with Gasteiger partial charge in [-0.2, -0.15) is 0 Å². The molecule has 0 aliphatic carbocycles. The van der Waals surface area contributed by atoms with Crippen LogP contribution in [-0.2, 0) is 9.47 Å². The van der Waals surface area contributed by atoms with Gasteiger partial charge in [0.1, 0.15) is 11.2 Å². The Morgan fingerprint density at radius 3 is 2.00 bits per heavy atom. The van der Waals surface area contributed by atoms with Gasteiger partial charge < -0.3 is 14.8 Å². The molecule has 0 spiro atoms. The number of hydrogen-bond acceptors (Lipinski definition) is 4. The van der Waals surface area contributed by atoms with Crippen molar-refractivity contribution in [2.45, 2.75) is 52.7 Å². The van der Waals surface area contributed by atoms with Gasteiger partial charge in [-0.05, 0) is 88.4 Å². The van der Waals surface area contributed by atoms with Crippen molar-refractivity contribution in [3.8, 4) is 0 Å². The Morgan fingerprint density at radius 2 is 1.52 bits per heavy atom. The van der Waals surface area contributed by atoms with Gasteiger partial charge in [0.05, 0.1) is 0 Å². The van der Waals surface area contributed by atoms with Gasteiger partial charge >= 0.3 is 12.2 Å². The molecule has 1 aromatic carbocycles. The normalized spacial score (nSPS) is 11.6. The van der Waals surface area contributed by atoms with E-state index in [0.29, 0.717) is 5.69 Å². The summed E-state index contributed by atoms with van der Waals surface area (Å²) < 4.78 is 11.7. The minimum absolute atomic E-state index is 0.250. The molecule has 1 rings (SSSR count). The fourth-order valence-electron chi connectivity index (χ4n) is 1.85. The summed E-state index contributed by atoms with van der Waals surface area (Å²) in [7, 11) is 0. The number of nitrogens with one attached hydrogen (secondary N) is 1. The fraction of sp³-hybridized carbons (Fsp3) is 0.556. The van der Waals surface area contributed by atoms with E-state index < -0.39 is 23.4 Å².